The largest absolute Gasteiger partial charge is 0.481 e. The maximum Gasteiger partial charge on any atom is 0.333 e. The number of aliphatic hydroxyl groups excluding tert-OH is 1. The number of hydrogen-bond donors (Lipinski definition) is 6. The molecule has 6 N–H and O–H groups in total. The molecule has 0 spiro atoms. The highest BCUT2D eigenvalue weighted by atomic mass is 31.1. The van der Waals surface area contributed by atoms with Crippen LogP contribution in [0.2, 0.25) is 0 Å². The Balaban J connectivity index is 5.90. The second-order valence-electron chi connectivity index (χ2n) is 3.67. The topological polar surface area (TPSA) is 207 Å². The minimum absolute atomic E-state index is 2.09. The Morgan fingerprint density at radius 1 is 0.750 bits per heavy atom. The first-order valence-electron chi connectivity index (χ1n) is 4.84. The van der Waals surface area contributed by atoms with Crippen molar-refractivity contribution in [3.8, 4) is 0 Å². The third kappa shape index (κ3) is 4.02. The van der Waals surface area contributed by atoms with Gasteiger partial charge in [0.1, 0.15) is 11.6 Å². The Labute approximate surface area is 110 Å². The van der Waals surface area contributed by atoms with Gasteiger partial charge in [0.05, 0.1) is 5.92 Å². The molecule has 0 rings (SSSR count). The summed E-state index contributed by atoms with van der Waals surface area (Å²) in [5.41, 5.74) is -2.55. The first kappa shape index (κ1) is 18.0. The summed E-state index contributed by atoms with van der Waals surface area (Å²) in [7, 11) is -4.05. The maximum atomic E-state index is 11.0. The van der Waals surface area contributed by atoms with E-state index in [1.54, 1.807) is 0 Å². The average molecular weight is 314 g/mol. The summed E-state index contributed by atoms with van der Waals surface area (Å²) < 4.78 is 10.9. The number of carboxylic acids is 4. The maximum absolute atomic E-state index is 11.0. The van der Waals surface area contributed by atoms with E-state index in [9.17, 15) is 28.8 Å². The van der Waals surface area contributed by atoms with E-state index < -0.39 is 55.5 Å². The van der Waals surface area contributed by atoms with Gasteiger partial charge in [0.15, 0.2) is 6.10 Å². The van der Waals surface area contributed by atoms with Gasteiger partial charge < -0.3 is 30.4 Å². The second kappa shape index (κ2) is 6.98. The van der Waals surface area contributed by atoms with Crippen LogP contribution < -0.4 is 0 Å². The highest BCUT2D eigenvalue weighted by Gasteiger charge is 2.50. The Morgan fingerprint density at radius 3 is 1.35 bits per heavy atom. The number of hydrogen-bond acceptors (Lipinski definition) is 6. The first-order chi connectivity index (χ1) is 9.02. The lowest BCUT2D eigenvalue weighted by molar-refractivity contribution is -0.168. The second-order valence-corrected chi connectivity index (χ2v) is 4.96. The average Bonchev–Trinajstić information content (AvgIpc) is 2.25. The predicted molar refractivity (Wildman–Crippen MR) is 58.5 cm³/mol. The van der Waals surface area contributed by atoms with Crippen LogP contribution in [0.3, 0.4) is 0 Å². The molecule has 5 unspecified atom stereocenters. The minimum Gasteiger partial charge on any atom is -0.481 e. The first-order valence-corrected chi connectivity index (χ1v) is 6.27. The van der Waals surface area contributed by atoms with E-state index in [1.807, 2.05) is 0 Å². The van der Waals surface area contributed by atoms with Crippen molar-refractivity contribution in [3.63, 3.8) is 0 Å². The molecule has 0 aliphatic carbocycles. The van der Waals surface area contributed by atoms with Gasteiger partial charge in [0.25, 0.3) is 0 Å². The van der Waals surface area contributed by atoms with Gasteiger partial charge >= 0.3 is 23.9 Å². The molecule has 0 aromatic rings. The monoisotopic (exact) mass is 314 g/mol. The van der Waals surface area contributed by atoms with E-state index in [1.165, 1.54) is 0 Å². The fraction of sp³-hybridized carbons (Fsp3) is 0.500. The van der Waals surface area contributed by atoms with Crippen LogP contribution in [0.25, 0.3) is 0 Å². The van der Waals surface area contributed by atoms with Crippen molar-refractivity contribution in [1.82, 2.24) is 0 Å². The number of carbonyl (C=O) groups is 4. The lowest BCUT2D eigenvalue weighted by atomic mass is 9.84. The molecule has 0 aliphatic heterocycles. The van der Waals surface area contributed by atoms with Crippen LogP contribution in [0.4, 0.5) is 0 Å². The summed E-state index contributed by atoms with van der Waals surface area (Å²) in [6.45, 7) is 0. The van der Waals surface area contributed by atoms with Crippen LogP contribution in [0, 0.1) is 11.8 Å². The molecule has 0 saturated carbocycles. The number of aliphatic hydroxyl groups is 1. The molecule has 0 fully saturated rings. The van der Waals surface area contributed by atoms with E-state index in [4.69, 9.17) is 25.3 Å². The molecule has 0 amide bonds. The van der Waals surface area contributed by atoms with Crippen LogP contribution in [-0.2, 0) is 23.7 Å². The molecule has 0 heterocycles. The smallest absolute Gasteiger partial charge is 0.333 e. The lowest BCUT2D eigenvalue weighted by Gasteiger charge is -2.25. The van der Waals surface area contributed by atoms with Gasteiger partial charge in [0.2, 0.25) is 8.03 Å². The summed E-state index contributed by atoms with van der Waals surface area (Å²) in [6.07, 6.45) is -2.75. The van der Waals surface area contributed by atoms with E-state index in [-0.39, 0.29) is 0 Å². The van der Waals surface area contributed by atoms with Gasteiger partial charge in [-0.2, -0.15) is 0 Å². The van der Waals surface area contributed by atoms with Crippen molar-refractivity contribution in [1.29, 1.82) is 0 Å². The molecular weight excluding hydrogens is 303 g/mol. The fourth-order valence-electron chi connectivity index (χ4n) is 1.56. The molecule has 20 heavy (non-hydrogen) atoms. The predicted octanol–water partition coefficient (Wildman–Crippen LogP) is -2.25. The van der Waals surface area contributed by atoms with E-state index in [2.05, 4.69) is 0 Å². The fourth-order valence-corrected chi connectivity index (χ4v) is 2.42. The zero-order chi connectivity index (χ0) is 16.2. The van der Waals surface area contributed by atoms with Crippen LogP contribution in [-0.4, -0.2) is 66.1 Å². The molecule has 0 bridgehead atoms. The van der Waals surface area contributed by atoms with E-state index in [0.29, 0.717) is 0 Å². The van der Waals surface area contributed by atoms with Crippen molar-refractivity contribution in [2.75, 3.05) is 0 Å². The molecule has 11 nitrogen and oxygen atoms in total. The molecule has 0 saturated heterocycles. The Hall–Kier alpha value is -1.97. The Bertz CT molecular complexity index is 443. The third-order valence-corrected chi connectivity index (χ3v) is 3.58. The summed E-state index contributed by atoms with van der Waals surface area (Å²) in [6, 6.07) is 0. The van der Waals surface area contributed by atoms with E-state index >= 15 is 0 Å². The van der Waals surface area contributed by atoms with Crippen LogP contribution in [0.5, 0.6) is 0 Å². The summed E-state index contributed by atoms with van der Waals surface area (Å²) >= 11 is 0. The number of aliphatic carboxylic acids is 4. The summed E-state index contributed by atoms with van der Waals surface area (Å²) in [5, 5.41) is 44.0. The number of carboxylic acid groups (broad SMARTS) is 4. The van der Waals surface area contributed by atoms with Crippen molar-refractivity contribution in [3.05, 3.63) is 0 Å². The SMILES string of the molecule is O=C(O)C(O)C(C(=O)O)C(C(=O)O)C(C(=O)O)[PH](=O)O. The zero-order valence-corrected chi connectivity index (χ0v) is 10.5. The standard InChI is InChI=1S/C8H11O11P/c9-3(7(14)15)1(5(10)11)2(6(12)13)4(8(16)17)20(18)19/h1-4,9,20H,(H,10,11)(H,12,13)(H,14,15)(H,16,17)(H,18,19). The van der Waals surface area contributed by atoms with Gasteiger partial charge in [-0.05, 0) is 0 Å². The highest BCUT2D eigenvalue weighted by molar-refractivity contribution is 7.40. The molecule has 0 aromatic carbocycles. The molecule has 0 aliphatic rings. The quantitative estimate of drug-likeness (QED) is 0.264. The molecule has 5 atom stereocenters. The molecule has 114 valence electrons. The minimum atomic E-state index is -4.05. The van der Waals surface area contributed by atoms with E-state index in [0.717, 1.165) is 0 Å². The number of rotatable bonds is 8. The van der Waals surface area contributed by atoms with Crippen LogP contribution >= 0.6 is 8.03 Å². The van der Waals surface area contributed by atoms with Gasteiger partial charge in [-0.15, -0.1) is 0 Å². The van der Waals surface area contributed by atoms with Gasteiger partial charge in [0, 0.05) is 0 Å². The van der Waals surface area contributed by atoms with Crippen molar-refractivity contribution in [2.45, 2.75) is 11.8 Å². The highest BCUT2D eigenvalue weighted by Crippen LogP contribution is 2.35. The van der Waals surface area contributed by atoms with Crippen LogP contribution in [0.15, 0.2) is 0 Å². The van der Waals surface area contributed by atoms with Crippen molar-refractivity contribution >= 4 is 31.9 Å². The van der Waals surface area contributed by atoms with Gasteiger partial charge in [-0.1, -0.05) is 0 Å². The zero-order valence-electron chi connectivity index (χ0n) is 9.53. The summed E-state index contributed by atoms with van der Waals surface area (Å²) in [5.74, 6) is -13.6. The molecule has 0 aromatic heterocycles. The Kier molecular flexibility index (Phi) is 6.30. The van der Waals surface area contributed by atoms with Gasteiger partial charge in [-0.25, -0.2) is 4.79 Å². The molecule has 0 radical (unpaired) electrons. The lowest BCUT2D eigenvalue weighted by Crippen LogP contribution is -2.48. The van der Waals surface area contributed by atoms with Crippen molar-refractivity contribution < 1.29 is 54.2 Å². The molecular formula is C8H11O11P. The van der Waals surface area contributed by atoms with Gasteiger partial charge in [-0.3, -0.25) is 18.9 Å². The third-order valence-electron chi connectivity index (χ3n) is 2.44. The Morgan fingerprint density at radius 2 is 1.15 bits per heavy atom. The van der Waals surface area contributed by atoms with Crippen molar-refractivity contribution in [2.24, 2.45) is 11.8 Å². The molecule has 12 heteroatoms. The summed E-state index contributed by atoms with van der Waals surface area (Å²) in [4.78, 5) is 52.0. The normalized spacial score (nSPS) is 18.3. The van der Waals surface area contributed by atoms with Crippen LogP contribution in [0.1, 0.15) is 0 Å².